The van der Waals surface area contributed by atoms with Gasteiger partial charge in [0.1, 0.15) is 67.5 Å². The summed E-state index contributed by atoms with van der Waals surface area (Å²) in [6.45, 7) is 1.71. The number of carbonyl (C=O) groups excluding carboxylic acids is 3. The summed E-state index contributed by atoms with van der Waals surface area (Å²) in [5, 5.41) is 81.0. The van der Waals surface area contributed by atoms with Gasteiger partial charge in [0.05, 0.1) is 19.8 Å². The van der Waals surface area contributed by atoms with Crippen molar-refractivity contribution >= 4 is 31.6 Å². The lowest BCUT2D eigenvalue weighted by molar-refractivity contribution is -0.360. The number of aliphatic hydroxyl groups excluding tert-OH is 6. The van der Waals surface area contributed by atoms with E-state index in [1.807, 2.05) is 0 Å². The van der Waals surface area contributed by atoms with E-state index in [1.54, 1.807) is 60.7 Å². The fourth-order valence-electron chi connectivity index (χ4n) is 11.4. The molecule has 4 rings (SSSR count). The Morgan fingerprint density at radius 3 is 1.53 bits per heavy atom. The highest BCUT2D eigenvalue weighted by Crippen LogP contribution is 2.40. The van der Waals surface area contributed by atoms with Crippen LogP contribution in [0.25, 0.3) is 0 Å². The van der Waals surface area contributed by atoms with Crippen LogP contribution in [-0.2, 0) is 69.5 Å². The Hall–Kier alpha value is -4.75. The second-order valence-corrected chi connectivity index (χ2v) is 27.0. The number of unbranched alkanes of at least 4 members (excludes halogenated alkanes) is 23. The average Bonchev–Trinajstić information content (AvgIpc) is 0.792. The number of rotatable bonds is 54. The van der Waals surface area contributed by atoms with Crippen LogP contribution >= 0.6 is 7.75 Å². The van der Waals surface area contributed by atoms with E-state index >= 15 is 0 Å². The number of allylic oxidation sites excluding steroid dienone is 6. The van der Waals surface area contributed by atoms with Gasteiger partial charge in [-0.1, -0.05) is 220 Å². The lowest BCUT2D eigenvalue weighted by Crippen LogP contribution is -2.64. The topological polar surface area (TPSA) is 336 Å². The minimum absolute atomic E-state index is 0.0862. The van der Waals surface area contributed by atoms with Gasteiger partial charge in [-0.2, -0.15) is 0 Å². The van der Waals surface area contributed by atoms with Crippen LogP contribution in [0.2, 0.25) is 0 Å². The Bertz CT molecular complexity index is 2530. The lowest BCUT2D eigenvalue weighted by atomic mass is 9.97. The number of hydrogen-bond acceptors (Lipinski definition) is 18. The summed E-state index contributed by atoms with van der Waals surface area (Å²) < 4.78 is 53.6. The molecule has 14 atom stereocenters. The summed E-state index contributed by atoms with van der Waals surface area (Å²) in [6, 6.07) is 13.9. The van der Waals surface area contributed by atoms with E-state index in [0.717, 1.165) is 77.0 Å². The van der Waals surface area contributed by atoms with Crippen molar-refractivity contribution in [3.05, 3.63) is 108 Å². The Balaban J connectivity index is 1.29. The molecule has 2 saturated heterocycles. The lowest BCUT2D eigenvalue weighted by Gasteiger charge is -2.46. The van der Waals surface area contributed by atoms with Crippen LogP contribution < -0.4 is 10.4 Å². The van der Waals surface area contributed by atoms with E-state index in [4.69, 9.17) is 32.9 Å². The van der Waals surface area contributed by atoms with Crippen molar-refractivity contribution in [2.45, 2.75) is 299 Å². The monoisotopic (exact) mass is 1370 g/mol. The molecule has 2 aromatic rings. The molecule has 2 aliphatic rings. The van der Waals surface area contributed by atoms with Crippen LogP contribution in [0, 0.1) is 0 Å². The molecule has 96 heavy (non-hydrogen) atoms. The molecule has 2 heterocycles. The van der Waals surface area contributed by atoms with Crippen molar-refractivity contribution in [1.29, 1.82) is 0 Å². The number of esters is 2. The number of ether oxygens (including phenoxy) is 6. The van der Waals surface area contributed by atoms with E-state index in [2.05, 4.69) is 60.7 Å². The first-order valence-electron chi connectivity index (χ1n) is 35.7. The van der Waals surface area contributed by atoms with Gasteiger partial charge in [0.25, 0.3) is 0 Å². The van der Waals surface area contributed by atoms with Crippen LogP contribution in [0.15, 0.2) is 97.1 Å². The third-order valence-electron chi connectivity index (χ3n) is 17.2. The molecule has 0 bridgehead atoms. The molecule has 22 nitrogen and oxygen atoms in total. The van der Waals surface area contributed by atoms with Crippen LogP contribution in [0.5, 0.6) is 0 Å². The van der Waals surface area contributed by atoms with Gasteiger partial charge in [-0.3, -0.25) is 18.9 Å². The van der Waals surface area contributed by atoms with Crippen molar-refractivity contribution in [2.24, 2.45) is 0 Å². The standard InChI is InChI=1S/C73H117N2O20P/c1-3-5-7-9-11-13-15-17-19-20-21-22-24-25-27-29-31-33-41-47-62(77)89-52-57(92-63(78)48-42-34-32-30-28-26-23-18-16-14-12-10-8-6-4-2)53-90-72-68(83)66(81)69(60(51-76)93-72)95-73-67(82)65(80)64(79)61(94-73)54-91-96(87,88)75-58(49-55-43-37-35-38-44-55)70(84)74-59(71(85)86)50-56-45-39-36-40-46-56/h12,14,17-19,23,35-40,43-46,57-61,64-69,72-73,76,79-83H,3-11,13,15-16,20-22,24-34,41-42,47-54H2,1-2H3,(H,74,84)(H,85,86)(H2,75,87,88)/b14-12-,19-17-,23-18-/t57?,58-,59-,60?,61?,64?,65?,66?,67?,68?,69?,72?,73?/m0/s1. The summed E-state index contributed by atoms with van der Waals surface area (Å²) in [7, 11) is -5.09. The summed E-state index contributed by atoms with van der Waals surface area (Å²) in [5.41, 5.74) is 1.13. The van der Waals surface area contributed by atoms with Gasteiger partial charge in [0, 0.05) is 19.3 Å². The summed E-state index contributed by atoms with van der Waals surface area (Å²) in [5.74, 6) is -3.37. The van der Waals surface area contributed by atoms with E-state index in [9.17, 15) is 64.4 Å². The van der Waals surface area contributed by atoms with Crippen molar-refractivity contribution in [2.75, 3.05) is 26.4 Å². The maximum absolute atomic E-state index is 13.7. The van der Waals surface area contributed by atoms with Crippen LogP contribution in [-0.4, -0.2) is 170 Å². The van der Waals surface area contributed by atoms with E-state index in [0.29, 0.717) is 24.0 Å². The Morgan fingerprint density at radius 2 is 1.00 bits per heavy atom. The van der Waals surface area contributed by atoms with Crippen LogP contribution in [0.1, 0.15) is 218 Å². The largest absolute Gasteiger partial charge is 0.480 e. The zero-order valence-corrected chi connectivity index (χ0v) is 58.0. The third-order valence-corrected chi connectivity index (χ3v) is 18.3. The zero-order chi connectivity index (χ0) is 69.6. The molecular weight excluding hydrogens is 1260 g/mol. The Labute approximate surface area is 570 Å². The number of aliphatic hydroxyl groups is 6. The quantitative estimate of drug-likeness (QED) is 0.0127. The molecule has 1 amide bonds. The van der Waals surface area contributed by atoms with Crippen molar-refractivity contribution < 1.29 is 97.3 Å². The van der Waals surface area contributed by atoms with E-state index < -0.39 is 131 Å². The number of nitrogens with one attached hydrogen (secondary N) is 2. The number of carboxylic acids is 1. The van der Waals surface area contributed by atoms with Gasteiger partial charge in [-0.25, -0.2) is 14.4 Å². The first-order chi connectivity index (χ1) is 46.5. The molecule has 0 spiro atoms. The smallest absolute Gasteiger partial charge is 0.403 e. The molecule has 2 fully saturated rings. The number of benzene rings is 2. The van der Waals surface area contributed by atoms with E-state index in [1.165, 1.54) is 89.9 Å². The highest BCUT2D eigenvalue weighted by molar-refractivity contribution is 7.50. The molecule has 544 valence electrons. The zero-order valence-electron chi connectivity index (χ0n) is 57.1. The SMILES string of the molecule is CCCCC/C=C\C/C=C\CCCCCCCC(=O)OC(COC(=O)CCCCCCCCCCC/C=C\CCCCCCCC)COC1OC(CO)C(OC2OC(COP(=O)(O)N[C@@H](Cc3ccccc3)C(=O)N[C@@H](Cc3ccccc3)C(=O)O)C(O)C(O)C2O)C(O)C1O. The maximum atomic E-state index is 13.7. The van der Waals surface area contributed by atoms with Gasteiger partial charge in [0.2, 0.25) is 5.91 Å². The van der Waals surface area contributed by atoms with Gasteiger partial charge < -0.3 is 74.4 Å². The van der Waals surface area contributed by atoms with Gasteiger partial charge in [-0.15, -0.1) is 0 Å². The van der Waals surface area contributed by atoms with Gasteiger partial charge in [0.15, 0.2) is 18.7 Å². The number of carbonyl (C=O) groups is 4. The molecule has 12 unspecified atom stereocenters. The number of aliphatic carboxylic acids is 1. The normalized spacial score (nSPS) is 23.1. The number of carboxylic acid groups (broad SMARTS) is 1. The number of amides is 1. The average molecular weight is 1370 g/mol. The minimum atomic E-state index is -5.09. The molecular formula is C73H117N2O20P. The highest BCUT2D eigenvalue weighted by atomic mass is 31.2. The summed E-state index contributed by atoms with van der Waals surface area (Å²) in [6.07, 6.45) is 24.4. The molecule has 0 saturated carbocycles. The Kier molecular flexibility index (Phi) is 44.1. The van der Waals surface area contributed by atoms with Crippen molar-refractivity contribution in [1.82, 2.24) is 10.4 Å². The van der Waals surface area contributed by atoms with Crippen LogP contribution in [0.3, 0.4) is 0 Å². The van der Waals surface area contributed by atoms with E-state index in [-0.39, 0.29) is 32.3 Å². The third kappa shape index (κ3) is 35.3. The second kappa shape index (κ2) is 50.6. The molecule has 0 radical (unpaired) electrons. The molecule has 10 N–H and O–H groups in total. The predicted molar refractivity (Wildman–Crippen MR) is 366 cm³/mol. The second-order valence-electron chi connectivity index (χ2n) is 25.5. The first kappa shape index (κ1) is 83.7. The fraction of sp³-hybridized carbons (Fsp3) is 0.699. The number of hydrogen-bond donors (Lipinski definition) is 10. The highest BCUT2D eigenvalue weighted by Gasteiger charge is 2.51. The summed E-state index contributed by atoms with van der Waals surface area (Å²) in [4.78, 5) is 63.4. The Morgan fingerprint density at radius 1 is 0.542 bits per heavy atom. The van der Waals surface area contributed by atoms with Gasteiger partial charge in [-0.05, 0) is 88.2 Å². The predicted octanol–water partition coefficient (Wildman–Crippen LogP) is 10.6. The van der Waals surface area contributed by atoms with Crippen molar-refractivity contribution in [3.63, 3.8) is 0 Å². The fourth-order valence-corrected chi connectivity index (χ4v) is 12.4. The van der Waals surface area contributed by atoms with Crippen molar-refractivity contribution in [3.8, 4) is 0 Å². The summed E-state index contributed by atoms with van der Waals surface area (Å²) >= 11 is 0. The molecule has 0 aliphatic carbocycles. The maximum Gasteiger partial charge on any atom is 0.403 e. The molecule has 0 aromatic heterocycles. The molecule has 2 aromatic carbocycles. The van der Waals surface area contributed by atoms with Gasteiger partial charge >= 0.3 is 25.7 Å². The minimum Gasteiger partial charge on any atom is -0.480 e. The molecule has 2 aliphatic heterocycles. The molecule has 23 heteroatoms. The first-order valence-corrected chi connectivity index (χ1v) is 37.3. The van der Waals surface area contributed by atoms with Crippen LogP contribution in [0.4, 0.5) is 0 Å².